The number of rotatable bonds is 6. The molecular formula is C12H14FNOS. The van der Waals surface area contributed by atoms with Crippen LogP contribution in [0.2, 0.25) is 0 Å². The Kier molecular flexibility index (Phi) is 5.91. The quantitative estimate of drug-likeness (QED) is 0.715. The summed E-state index contributed by atoms with van der Waals surface area (Å²) in [5.74, 6) is 1.15. The van der Waals surface area contributed by atoms with Gasteiger partial charge in [0.25, 0.3) is 0 Å². The lowest BCUT2D eigenvalue weighted by Crippen LogP contribution is -1.94. The maximum absolute atomic E-state index is 13.6. The molecule has 4 heteroatoms. The normalized spacial score (nSPS) is 10.1. The summed E-state index contributed by atoms with van der Waals surface area (Å²) in [6.45, 7) is 0.730. The van der Waals surface area contributed by atoms with Crippen LogP contribution in [0.15, 0.2) is 18.2 Å². The van der Waals surface area contributed by atoms with E-state index < -0.39 is 0 Å². The molecule has 0 aromatic heterocycles. The molecule has 1 aromatic rings. The molecule has 16 heavy (non-hydrogen) atoms. The summed E-state index contributed by atoms with van der Waals surface area (Å²) in [7, 11) is 1.67. The molecule has 0 saturated heterocycles. The monoisotopic (exact) mass is 239 g/mol. The maximum atomic E-state index is 13.6. The van der Waals surface area contributed by atoms with Crippen molar-refractivity contribution >= 4 is 11.8 Å². The second kappa shape index (κ2) is 7.26. The van der Waals surface area contributed by atoms with Crippen LogP contribution in [0.3, 0.4) is 0 Å². The van der Waals surface area contributed by atoms with Crippen molar-refractivity contribution in [3.05, 3.63) is 35.1 Å². The molecule has 86 valence electrons. The van der Waals surface area contributed by atoms with Crippen molar-refractivity contribution in [3.63, 3.8) is 0 Å². The van der Waals surface area contributed by atoms with Gasteiger partial charge in [-0.3, -0.25) is 0 Å². The Balaban J connectivity index is 2.45. The molecule has 0 amide bonds. The third-order valence-corrected chi connectivity index (χ3v) is 3.19. The van der Waals surface area contributed by atoms with Crippen LogP contribution in [0, 0.1) is 17.1 Å². The van der Waals surface area contributed by atoms with Crippen LogP contribution in [-0.4, -0.2) is 19.5 Å². The number of methoxy groups -OCH3 is 1. The van der Waals surface area contributed by atoms with Gasteiger partial charge in [-0.2, -0.15) is 17.0 Å². The molecule has 0 spiro atoms. The van der Waals surface area contributed by atoms with Gasteiger partial charge in [0.1, 0.15) is 11.9 Å². The summed E-state index contributed by atoms with van der Waals surface area (Å²) in [5.41, 5.74) is 0.719. The van der Waals surface area contributed by atoms with Gasteiger partial charge in [0.05, 0.1) is 5.56 Å². The van der Waals surface area contributed by atoms with Gasteiger partial charge in [-0.25, -0.2) is 4.39 Å². The molecule has 0 N–H and O–H groups in total. The first kappa shape index (κ1) is 13.0. The predicted octanol–water partition coefficient (Wildman–Crippen LogP) is 2.97. The molecule has 0 heterocycles. The molecule has 0 aliphatic carbocycles. The van der Waals surface area contributed by atoms with Crippen LogP contribution in [0.4, 0.5) is 4.39 Å². The number of ether oxygens (including phenoxy) is 1. The van der Waals surface area contributed by atoms with Crippen LogP contribution in [0.5, 0.6) is 0 Å². The lowest BCUT2D eigenvalue weighted by Gasteiger charge is -2.04. The number of thioether (sulfide) groups is 1. The smallest absolute Gasteiger partial charge is 0.144 e. The molecule has 0 radical (unpaired) electrons. The molecule has 2 nitrogen and oxygen atoms in total. The summed E-state index contributed by atoms with van der Waals surface area (Å²) in [6, 6.07) is 6.77. The van der Waals surface area contributed by atoms with E-state index in [2.05, 4.69) is 0 Å². The summed E-state index contributed by atoms with van der Waals surface area (Å²) < 4.78 is 18.5. The van der Waals surface area contributed by atoms with E-state index in [0.717, 1.165) is 18.8 Å². The first-order valence-electron chi connectivity index (χ1n) is 5.03. The van der Waals surface area contributed by atoms with Crippen LogP contribution < -0.4 is 0 Å². The highest BCUT2D eigenvalue weighted by atomic mass is 32.2. The molecule has 0 unspecified atom stereocenters. The van der Waals surface area contributed by atoms with Crippen molar-refractivity contribution in [1.29, 1.82) is 5.26 Å². The summed E-state index contributed by atoms with van der Waals surface area (Å²) in [4.78, 5) is 0. The second-order valence-electron chi connectivity index (χ2n) is 3.29. The maximum Gasteiger partial charge on any atom is 0.144 e. The van der Waals surface area contributed by atoms with E-state index in [-0.39, 0.29) is 11.4 Å². The van der Waals surface area contributed by atoms with Crippen molar-refractivity contribution in [2.24, 2.45) is 0 Å². The zero-order chi connectivity index (χ0) is 11.8. The highest BCUT2D eigenvalue weighted by Crippen LogP contribution is 2.18. The Morgan fingerprint density at radius 1 is 1.50 bits per heavy atom. The number of hydrogen-bond acceptors (Lipinski definition) is 3. The first-order valence-corrected chi connectivity index (χ1v) is 6.19. The van der Waals surface area contributed by atoms with Gasteiger partial charge < -0.3 is 4.74 Å². The second-order valence-corrected chi connectivity index (χ2v) is 4.39. The van der Waals surface area contributed by atoms with Crippen LogP contribution >= 0.6 is 11.8 Å². The average Bonchev–Trinajstić information content (AvgIpc) is 2.31. The number of nitriles is 1. The fourth-order valence-corrected chi connectivity index (χ4v) is 2.17. The number of halogens is 1. The van der Waals surface area contributed by atoms with Crippen LogP contribution in [0.25, 0.3) is 0 Å². The molecule has 0 atom stereocenters. The fourth-order valence-electron chi connectivity index (χ4n) is 1.27. The molecule has 0 fully saturated rings. The Bertz CT molecular complexity index is 376. The molecule has 1 rings (SSSR count). The van der Waals surface area contributed by atoms with Gasteiger partial charge in [0.2, 0.25) is 0 Å². The van der Waals surface area contributed by atoms with Crippen molar-refractivity contribution < 1.29 is 9.13 Å². The molecule has 0 aliphatic heterocycles. The SMILES string of the molecule is COCCCSCc1cccc(C#N)c1F. The molecule has 0 bridgehead atoms. The predicted molar refractivity (Wildman–Crippen MR) is 63.8 cm³/mol. The lowest BCUT2D eigenvalue weighted by atomic mass is 10.1. The minimum Gasteiger partial charge on any atom is -0.385 e. The Morgan fingerprint density at radius 2 is 2.31 bits per heavy atom. The highest BCUT2D eigenvalue weighted by molar-refractivity contribution is 7.98. The molecule has 0 saturated carbocycles. The van der Waals surface area contributed by atoms with Gasteiger partial charge in [0.15, 0.2) is 0 Å². The van der Waals surface area contributed by atoms with Crippen molar-refractivity contribution in [2.75, 3.05) is 19.5 Å². The van der Waals surface area contributed by atoms with Crippen LogP contribution in [0.1, 0.15) is 17.5 Å². The topological polar surface area (TPSA) is 33.0 Å². The third kappa shape index (κ3) is 3.84. The van der Waals surface area contributed by atoms with Gasteiger partial charge in [-0.1, -0.05) is 12.1 Å². The number of nitrogens with zero attached hydrogens (tertiary/aromatic N) is 1. The van der Waals surface area contributed by atoms with Gasteiger partial charge in [0, 0.05) is 19.5 Å². The third-order valence-electron chi connectivity index (χ3n) is 2.09. The standard InChI is InChI=1S/C12H14FNOS/c1-15-6-3-7-16-9-11-5-2-4-10(8-14)12(11)13/h2,4-5H,3,6-7,9H2,1H3. The first-order chi connectivity index (χ1) is 7.79. The van der Waals surface area contributed by atoms with Crippen LogP contribution in [-0.2, 0) is 10.5 Å². The van der Waals surface area contributed by atoms with E-state index in [1.54, 1.807) is 31.0 Å². The van der Waals surface area contributed by atoms with E-state index in [1.807, 2.05) is 6.07 Å². The summed E-state index contributed by atoms with van der Waals surface area (Å²) in [6.07, 6.45) is 0.959. The summed E-state index contributed by atoms with van der Waals surface area (Å²) >= 11 is 1.65. The zero-order valence-electron chi connectivity index (χ0n) is 9.20. The summed E-state index contributed by atoms with van der Waals surface area (Å²) in [5, 5.41) is 8.67. The van der Waals surface area contributed by atoms with Gasteiger partial charge in [-0.05, 0) is 23.8 Å². The van der Waals surface area contributed by atoms with E-state index in [1.165, 1.54) is 6.07 Å². The van der Waals surface area contributed by atoms with E-state index in [9.17, 15) is 4.39 Å². The zero-order valence-corrected chi connectivity index (χ0v) is 10.0. The minimum atomic E-state index is -0.385. The fraction of sp³-hybridized carbons (Fsp3) is 0.417. The van der Waals surface area contributed by atoms with Crippen molar-refractivity contribution in [3.8, 4) is 6.07 Å². The lowest BCUT2D eigenvalue weighted by molar-refractivity contribution is 0.200. The van der Waals surface area contributed by atoms with Crippen molar-refractivity contribution in [1.82, 2.24) is 0 Å². The Labute approximate surface area is 99.4 Å². The van der Waals surface area contributed by atoms with E-state index in [0.29, 0.717) is 11.3 Å². The minimum absolute atomic E-state index is 0.120. The van der Waals surface area contributed by atoms with Gasteiger partial charge in [-0.15, -0.1) is 0 Å². The highest BCUT2D eigenvalue weighted by Gasteiger charge is 2.06. The average molecular weight is 239 g/mol. The van der Waals surface area contributed by atoms with Gasteiger partial charge >= 0.3 is 0 Å². The van der Waals surface area contributed by atoms with E-state index >= 15 is 0 Å². The van der Waals surface area contributed by atoms with E-state index in [4.69, 9.17) is 10.00 Å². The Morgan fingerprint density at radius 3 is 3.00 bits per heavy atom. The number of benzene rings is 1. The molecule has 1 aromatic carbocycles. The largest absolute Gasteiger partial charge is 0.385 e. The Hall–Kier alpha value is -1.05. The number of hydrogen-bond donors (Lipinski definition) is 0. The molecular weight excluding hydrogens is 225 g/mol. The molecule has 0 aliphatic rings. The van der Waals surface area contributed by atoms with Crippen molar-refractivity contribution in [2.45, 2.75) is 12.2 Å².